The van der Waals surface area contributed by atoms with Gasteiger partial charge in [0.15, 0.2) is 0 Å². The number of hydrogen-bond donors (Lipinski definition) is 1. The Labute approximate surface area is 137 Å². The van der Waals surface area contributed by atoms with Gasteiger partial charge in [0.1, 0.15) is 11.2 Å². The molecule has 2 aromatic heterocycles. The van der Waals surface area contributed by atoms with E-state index in [0.29, 0.717) is 42.8 Å². The minimum Gasteiger partial charge on any atom is -0.385 e. The molecule has 0 aliphatic carbocycles. The molecule has 0 aliphatic heterocycles. The molecule has 0 spiro atoms. The first-order chi connectivity index (χ1) is 11.1. The summed E-state index contributed by atoms with van der Waals surface area (Å²) < 4.78 is 8.00. The van der Waals surface area contributed by atoms with E-state index in [1.807, 2.05) is 6.92 Å². The van der Waals surface area contributed by atoms with Crippen LogP contribution < -0.4 is 16.6 Å². The van der Waals surface area contributed by atoms with Gasteiger partial charge in [-0.2, -0.15) is 0 Å². The van der Waals surface area contributed by atoms with Crippen molar-refractivity contribution in [2.45, 2.75) is 32.9 Å². The summed E-state index contributed by atoms with van der Waals surface area (Å²) >= 11 is 1.29. The molecule has 1 N–H and O–H groups in total. The molecule has 0 bridgehead atoms. The molecular formula is C15H21N3O4S. The molecule has 1 amide bonds. The predicted octanol–water partition coefficient (Wildman–Crippen LogP) is 0.787. The lowest BCUT2D eigenvalue weighted by atomic mass is 10.4. The van der Waals surface area contributed by atoms with Crippen LogP contribution in [0.4, 0.5) is 0 Å². The topological polar surface area (TPSA) is 82.3 Å². The number of methoxy groups -OCH3 is 1. The van der Waals surface area contributed by atoms with Gasteiger partial charge in [0, 0.05) is 26.8 Å². The third kappa shape index (κ3) is 3.89. The summed E-state index contributed by atoms with van der Waals surface area (Å²) in [7, 11) is 1.60. The largest absolute Gasteiger partial charge is 0.385 e. The van der Waals surface area contributed by atoms with E-state index in [4.69, 9.17) is 4.74 Å². The Hall–Kier alpha value is -1.93. The van der Waals surface area contributed by atoms with Crippen molar-refractivity contribution >= 4 is 27.5 Å². The summed E-state index contributed by atoms with van der Waals surface area (Å²) in [5, 5.41) is 4.51. The average molecular weight is 339 g/mol. The summed E-state index contributed by atoms with van der Waals surface area (Å²) in [5.41, 5.74) is -0.196. The van der Waals surface area contributed by atoms with Crippen molar-refractivity contribution < 1.29 is 9.53 Å². The van der Waals surface area contributed by atoms with Crippen LogP contribution in [-0.2, 0) is 22.6 Å². The first kappa shape index (κ1) is 17.4. The first-order valence-electron chi connectivity index (χ1n) is 7.56. The molecule has 0 aliphatic rings. The number of rotatable bonds is 8. The van der Waals surface area contributed by atoms with Gasteiger partial charge in [0.2, 0.25) is 5.91 Å². The normalized spacial score (nSPS) is 11.0. The van der Waals surface area contributed by atoms with E-state index in [-0.39, 0.29) is 18.0 Å². The number of nitrogens with zero attached hydrogens (tertiary/aromatic N) is 2. The van der Waals surface area contributed by atoms with E-state index < -0.39 is 5.69 Å². The molecule has 0 saturated heterocycles. The van der Waals surface area contributed by atoms with Crippen LogP contribution >= 0.6 is 11.3 Å². The molecule has 23 heavy (non-hydrogen) atoms. The van der Waals surface area contributed by atoms with Crippen molar-refractivity contribution in [3.05, 3.63) is 32.3 Å². The highest BCUT2D eigenvalue weighted by Gasteiger charge is 2.15. The number of ether oxygens (including phenoxy) is 1. The van der Waals surface area contributed by atoms with E-state index in [1.165, 1.54) is 20.5 Å². The maximum atomic E-state index is 12.5. The average Bonchev–Trinajstić information content (AvgIpc) is 3.02. The highest BCUT2D eigenvalue weighted by molar-refractivity contribution is 7.17. The Bertz CT molecular complexity index is 790. The molecule has 7 nitrogen and oxygen atoms in total. The molecule has 8 heteroatoms. The molecule has 2 rings (SSSR count). The molecule has 0 aromatic carbocycles. The lowest BCUT2D eigenvalue weighted by molar-refractivity contribution is -0.121. The fraction of sp³-hybridized carbons (Fsp3) is 0.533. The minimum atomic E-state index is -0.435. The first-order valence-corrected chi connectivity index (χ1v) is 8.44. The number of amides is 1. The number of nitrogens with one attached hydrogen (secondary N) is 1. The van der Waals surface area contributed by atoms with E-state index in [9.17, 15) is 14.4 Å². The molecule has 0 unspecified atom stereocenters. The van der Waals surface area contributed by atoms with E-state index >= 15 is 0 Å². The lowest BCUT2D eigenvalue weighted by Gasteiger charge is -2.11. The zero-order valence-electron chi connectivity index (χ0n) is 13.3. The molecule has 2 aromatic rings. The molecule has 126 valence electrons. The summed E-state index contributed by atoms with van der Waals surface area (Å²) in [4.78, 5) is 36.9. The van der Waals surface area contributed by atoms with Crippen LogP contribution in [0.3, 0.4) is 0 Å². The molecule has 0 saturated carbocycles. The highest BCUT2D eigenvalue weighted by Crippen LogP contribution is 2.15. The van der Waals surface area contributed by atoms with Crippen LogP contribution in [0.15, 0.2) is 21.0 Å². The summed E-state index contributed by atoms with van der Waals surface area (Å²) in [6.07, 6.45) is 1.38. The van der Waals surface area contributed by atoms with Crippen LogP contribution in [0.1, 0.15) is 19.8 Å². The second kappa shape index (κ2) is 8.07. The zero-order valence-corrected chi connectivity index (χ0v) is 14.1. The summed E-state index contributed by atoms with van der Waals surface area (Å²) in [6.45, 7) is 3.21. The van der Waals surface area contributed by atoms with Gasteiger partial charge >= 0.3 is 5.69 Å². The van der Waals surface area contributed by atoms with Crippen molar-refractivity contribution in [1.82, 2.24) is 14.5 Å². The summed E-state index contributed by atoms with van der Waals surface area (Å²) in [6, 6.07) is 1.71. The third-order valence-corrected chi connectivity index (χ3v) is 4.32. The number of carbonyl (C=O) groups excluding carboxylic acids is 1. The molecular weight excluding hydrogens is 318 g/mol. The number of thiophene rings is 1. The fourth-order valence-corrected chi connectivity index (χ4v) is 3.19. The Morgan fingerprint density at radius 2 is 2.13 bits per heavy atom. The molecule has 0 fully saturated rings. The second-order valence-electron chi connectivity index (χ2n) is 5.16. The van der Waals surface area contributed by atoms with Crippen LogP contribution in [-0.4, -0.2) is 35.3 Å². The van der Waals surface area contributed by atoms with Crippen molar-refractivity contribution in [3.8, 4) is 0 Å². The Morgan fingerprint density at radius 3 is 2.83 bits per heavy atom. The number of carbonyl (C=O) groups is 1. The van der Waals surface area contributed by atoms with Crippen molar-refractivity contribution in [1.29, 1.82) is 0 Å². The number of aromatic nitrogens is 2. The second-order valence-corrected chi connectivity index (χ2v) is 6.07. The third-order valence-electron chi connectivity index (χ3n) is 3.43. The molecule has 2 heterocycles. The molecule has 0 atom stereocenters. The van der Waals surface area contributed by atoms with Gasteiger partial charge in [0.05, 0.1) is 5.52 Å². The van der Waals surface area contributed by atoms with E-state index in [1.54, 1.807) is 18.6 Å². The smallest absolute Gasteiger partial charge is 0.332 e. The van der Waals surface area contributed by atoms with Gasteiger partial charge in [-0.1, -0.05) is 6.92 Å². The van der Waals surface area contributed by atoms with Crippen molar-refractivity contribution in [2.24, 2.45) is 0 Å². The van der Waals surface area contributed by atoms with Gasteiger partial charge in [-0.3, -0.25) is 18.7 Å². The van der Waals surface area contributed by atoms with Crippen molar-refractivity contribution in [2.75, 3.05) is 20.3 Å². The fourth-order valence-electron chi connectivity index (χ4n) is 2.35. The van der Waals surface area contributed by atoms with Gasteiger partial charge in [-0.25, -0.2) is 4.79 Å². The van der Waals surface area contributed by atoms with Crippen LogP contribution in [0.2, 0.25) is 0 Å². The van der Waals surface area contributed by atoms with Crippen molar-refractivity contribution in [3.63, 3.8) is 0 Å². The highest BCUT2D eigenvalue weighted by atomic mass is 32.1. The van der Waals surface area contributed by atoms with E-state index in [0.717, 1.165) is 0 Å². The zero-order chi connectivity index (χ0) is 16.8. The molecule has 0 radical (unpaired) electrons. The maximum Gasteiger partial charge on any atom is 0.332 e. The van der Waals surface area contributed by atoms with Crippen LogP contribution in [0, 0.1) is 0 Å². The van der Waals surface area contributed by atoms with Gasteiger partial charge in [0.25, 0.3) is 5.56 Å². The van der Waals surface area contributed by atoms with E-state index in [2.05, 4.69) is 5.32 Å². The Morgan fingerprint density at radius 1 is 1.35 bits per heavy atom. The number of fused-ring (bicyclic) bond motifs is 1. The minimum absolute atomic E-state index is 0.0942. The monoisotopic (exact) mass is 339 g/mol. The Balaban J connectivity index is 2.29. The quantitative estimate of drug-likeness (QED) is 0.721. The maximum absolute atomic E-state index is 12.5. The number of hydrogen-bond acceptors (Lipinski definition) is 5. The van der Waals surface area contributed by atoms with Gasteiger partial charge in [-0.15, -0.1) is 11.3 Å². The SMILES string of the molecule is CCCn1c(=O)c2sccc2n(CC(=O)NCCCOC)c1=O. The predicted molar refractivity (Wildman–Crippen MR) is 90.1 cm³/mol. The van der Waals surface area contributed by atoms with Crippen LogP contribution in [0.5, 0.6) is 0 Å². The standard InChI is InChI=1S/C15H21N3O4S/c1-3-7-17-14(20)13-11(5-9-23-13)18(15(17)21)10-12(19)16-6-4-8-22-2/h5,9H,3-4,6-8,10H2,1-2H3,(H,16,19). The lowest BCUT2D eigenvalue weighted by Crippen LogP contribution is -2.42. The summed E-state index contributed by atoms with van der Waals surface area (Å²) in [5.74, 6) is -0.252. The van der Waals surface area contributed by atoms with Crippen LogP contribution in [0.25, 0.3) is 10.2 Å². The van der Waals surface area contributed by atoms with Gasteiger partial charge < -0.3 is 10.1 Å². The van der Waals surface area contributed by atoms with Gasteiger partial charge in [-0.05, 0) is 24.3 Å². The Kier molecular flexibility index (Phi) is 6.12.